The molecule has 1 aliphatic carbocycles. The molecule has 2 aromatic rings. The molecule has 2 atom stereocenters. The largest absolute Gasteiger partial charge is 0.387 e. The Balaban J connectivity index is 1.51. The number of carbonyl (C=O) groups is 1. The van der Waals surface area contributed by atoms with E-state index in [1.165, 1.54) is 0 Å². The molecule has 27 heavy (non-hydrogen) atoms. The maximum atomic E-state index is 12.6. The number of carbonyl (C=O) groups excluding carboxylic acids is 1. The molecule has 1 aliphatic rings. The summed E-state index contributed by atoms with van der Waals surface area (Å²) in [7, 11) is -3.32. The van der Waals surface area contributed by atoms with E-state index in [2.05, 4.69) is 10.0 Å². The van der Waals surface area contributed by atoms with E-state index in [4.69, 9.17) is 0 Å². The predicted molar refractivity (Wildman–Crippen MR) is 105 cm³/mol. The highest BCUT2D eigenvalue weighted by Crippen LogP contribution is 2.25. The fraction of sp³-hybridized carbons (Fsp3) is 0.350. The van der Waals surface area contributed by atoms with Crippen LogP contribution in [0.1, 0.15) is 34.0 Å². The van der Waals surface area contributed by atoms with Crippen molar-refractivity contribution in [2.45, 2.75) is 18.9 Å². The molecule has 0 radical (unpaired) electrons. The first-order valence-corrected chi connectivity index (χ1v) is 10.8. The summed E-state index contributed by atoms with van der Waals surface area (Å²) in [5, 5.41) is 13.5. The van der Waals surface area contributed by atoms with Crippen LogP contribution < -0.4 is 10.0 Å². The highest BCUT2D eigenvalue weighted by Gasteiger charge is 2.26. The van der Waals surface area contributed by atoms with Crippen molar-refractivity contribution in [3.05, 3.63) is 65.2 Å². The van der Waals surface area contributed by atoms with Crippen molar-refractivity contribution in [2.75, 3.05) is 24.1 Å². The number of Topliss-reactive ketones (excluding diaryl/α,β-unsaturated/α-hetero) is 1. The topological polar surface area (TPSA) is 95.5 Å². The van der Waals surface area contributed by atoms with Gasteiger partial charge in [0.1, 0.15) is 0 Å². The van der Waals surface area contributed by atoms with Crippen LogP contribution in [0, 0.1) is 5.92 Å². The summed E-state index contributed by atoms with van der Waals surface area (Å²) in [6, 6.07) is 14.3. The summed E-state index contributed by atoms with van der Waals surface area (Å²) in [6.45, 7) is 0.849. The number of nitrogens with one attached hydrogen (secondary N) is 2. The van der Waals surface area contributed by atoms with Gasteiger partial charge < -0.3 is 10.4 Å². The van der Waals surface area contributed by atoms with Gasteiger partial charge in [0, 0.05) is 30.3 Å². The molecule has 2 aromatic carbocycles. The number of ketones is 1. The van der Waals surface area contributed by atoms with Gasteiger partial charge in [-0.3, -0.25) is 9.52 Å². The van der Waals surface area contributed by atoms with Gasteiger partial charge in [0.05, 0.1) is 12.4 Å². The molecule has 0 unspecified atom stereocenters. The van der Waals surface area contributed by atoms with E-state index in [-0.39, 0.29) is 11.7 Å². The van der Waals surface area contributed by atoms with Crippen LogP contribution in [-0.2, 0) is 16.4 Å². The Morgan fingerprint density at radius 3 is 2.56 bits per heavy atom. The van der Waals surface area contributed by atoms with Crippen molar-refractivity contribution < 1.29 is 18.3 Å². The Kier molecular flexibility index (Phi) is 5.94. The second kappa shape index (κ2) is 8.21. The van der Waals surface area contributed by atoms with Crippen LogP contribution in [0.4, 0.5) is 5.69 Å². The zero-order valence-corrected chi connectivity index (χ0v) is 16.0. The van der Waals surface area contributed by atoms with Crippen molar-refractivity contribution >= 4 is 21.5 Å². The SMILES string of the molecule is CS(=O)(=O)Nc1ccc([C@@H](O)CNC[C@@H]2CCc3ccccc3C2=O)cc1. The number of rotatable bonds is 7. The first-order chi connectivity index (χ1) is 12.8. The van der Waals surface area contributed by atoms with Gasteiger partial charge in [0.25, 0.3) is 0 Å². The highest BCUT2D eigenvalue weighted by atomic mass is 32.2. The molecule has 7 heteroatoms. The molecule has 0 aliphatic heterocycles. The van der Waals surface area contributed by atoms with E-state index in [1.54, 1.807) is 24.3 Å². The summed E-state index contributed by atoms with van der Waals surface area (Å²) in [6.07, 6.45) is 2.06. The molecule has 144 valence electrons. The lowest BCUT2D eigenvalue weighted by Gasteiger charge is -2.24. The van der Waals surface area contributed by atoms with Gasteiger partial charge in [-0.1, -0.05) is 36.4 Å². The number of sulfonamides is 1. The van der Waals surface area contributed by atoms with Gasteiger partial charge >= 0.3 is 0 Å². The minimum Gasteiger partial charge on any atom is -0.387 e. The number of fused-ring (bicyclic) bond motifs is 1. The molecular formula is C20H24N2O4S. The maximum absolute atomic E-state index is 12.6. The number of aliphatic hydroxyl groups is 1. The molecule has 0 saturated carbocycles. The lowest BCUT2D eigenvalue weighted by atomic mass is 9.83. The van der Waals surface area contributed by atoms with Crippen LogP contribution in [0.15, 0.2) is 48.5 Å². The lowest BCUT2D eigenvalue weighted by molar-refractivity contribution is 0.0895. The third-order valence-electron chi connectivity index (χ3n) is 4.74. The first-order valence-electron chi connectivity index (χ1n) is 8.92. The first kappa shape index (κ1) is 19.5. The number of hydrogen-bond donors (Lipinski definition) is 3. The van der Waals surface area contributed by atoms with Crippen molar-refractivity contribution in [3.63, 3.8) is 0 Å². The normalized spacial score (nSPS) is 18.0. The van der Waals surface area contributed by atoms with E-state index >= 15 is 0 Å². The fourth-order valence-corrected chi connectivity index (χ4v) is 3.92. The summed E-state index contributed by atoms with van der Waals surface area (Å²) in [5.74, 6) is 0.0866. The third-order valence-corrected chi connectivity index (χ3v) is 5.35. The summed E-state index contributed by atoms with van der Waals surface area (Å²) in [4.78, 5) is 12.6. The quantitative estimate of drug-likeness (QED) is 0.675. The Morgan fingerprint density at radius 1 is 1.15 bits per heavy atom. The monoisotopic (exact) mass is 388 g/mol. The predicted octanol–water partition coefficient (Wildman–Crippen LogP) is 2.13. The van der Waals surface area contributed by atoms with Crippen LogP contribution in [0.5, 0.6) is 0 Å². The standard InChI is InChI=1S/C20H24N2O4S/c1-27(25,26)22-17-10-8-15(9-11-17)19(23)13-21-12-16-7-6-14-4-2-3-5-18(14)20(16)24/h2-5,8-11,16,19,21-23H,6-7,12-13H2,1H3/t16-,19-/m0/s1. The van der Waals surface area contributed by atoms with Crippen molar-refractivity contribution in [3.8, 4) is 0 Å². The molecule has 0 heterocycles. The van der Waals surface area contributed by atoms with Crippen molar-refractivity contribution in [2.24, 2.45) is 5.92 Å². The van der Waals surface area contributed by atoms with E-state index in [1.807, 2.05) is 24.3 Å². The smallest absolute Gasteiger partial charge is 0.229 e. The average Bonchev–Trinajstić information content (AvgIpc) is 2.63. The zero-order valence-electron chi connectivity index (χ0n) is 15.2. The number of benzene rings is 2. The minimum absolute atomic E-state index is 0.0755. The Labute approximate surface area is 159 Å². The van der Waals surface area contributed by atoms with Gasteiger partial charge in [-0.25, -0.2) is 8.42 Å². The Bertz CT molecular complexity index is 910. The Hall–Kier alpha value is -2.22. The van der Waals surface area contributed by atoms with E-state index in [0.717, 1.165) is 30.2 Å². The van der Waals surface area contributed by atoms with Gasteiger partial charge in [0.15, 0.2) is 5.78 Å². The molecule has 3 rings (SSSR count). The molecule has 0 aromatic heterocycles. The second-order valence-corrected chi connectivity index (χ2v) is 8.68. The number of anilines is 1. The molecule has 0 spiro atoms. The second-order valence-electron chi connectivity index (χ2n) is 6.93. The van der Waals surface area contributed by atoms with Gasteiger partial charge in [0.2, 0.25) is 10.0 Å². The van der Waals surface area contributed by atoms with E-state index in [9.17, 15) is 18.3 Å². The zero-order chi connectivity index (χ0) is 19.4. The maximum Gasteiger partial charge on any atom is 0.229 e. The fourth-order valence-electron chi connectivity index (χ4n) is 3.35. The number of aliphatic hydroxyl groups excluding tert-OH is 1. The molecule has 6 nitrogen and oxygen atoms in total. The average molecular weight is 388 g/mol. The minimum atomic E-state index is -3.32. The van der Waals surface area contributed by atoms with Crippen molar-refractivity contribution in [1.29, 1.82) is 0 Å². The molecular weight excluding hydrogens is 364 g/mol. The Morgan fingerprint density at radius 2 is 1.85 bits per heavy atom. The van der Waals surface area contributed by atoms with Gasteiger partial charge in [-0.05, 0) is 36.1 Å². The molecule has 0 saturated heterocycles. The summed E-state index contributed by atoms with van der Waals surface area (Å²) in [5.41, 5.74) is 3.06. The van der Waals surface area contributed by atoms with Gasteiger partial charge in [-0.15, -0.1) is 0 Å². The summed E-state index contributed by atoms with van der Waals surface area (Å²) < 4.78 is 24.8. The van der Waals surface area contributed by atoms with E-state index in [0.29, 0.717) is 24.3 Å². The lowest BCUT2D eigenvalue weighted by Crippen LogP contribution is -2.34. The highest BCUT2D eigenvalue weighted by molar-refractivity contribution is 7.92. The van der Waals surface area contributed by atoms with Crippen molar-refractivity contribution in [1.82, 2.24) is 5.32 Å². The number of hydrogen-bond acceptors (Lipinski definition) is 5. The molecule has 0 fully saturated rings. The molecule has 3 N–H and O–H groups in total. The van der Waals surface area contributed by atoms with Crippen LogP contribution in [0.2, 0.25) is 0 Å². The van der Waals surface area contributed by atoms with Crippen LogP contribution in [-0.4, -0.2) is 38.7 Å². The van der Waals surface area contributed by atoms with E-state index < -0.39 is 16.1 Å². The third kappa shape index (κ3) is 5.15. The van der Waals surface area contributed by atoms with Crippen LogP contribution >= 0.6 is 0 Å². The van der Waals surface area contributed by atoms with Crippen LogP contribution in [0.3, 0.4) is 0 Å². The van der Waals surface area contributed by atoms with Gasteiger partial charge in [-0.2, -0.15) is 0 Å². The van der Waals surface area contributed by atoms with Crippen LogP contribution in [0.25, 0.3) is 0 Å². The molecule has 0 bridgehead atoms. The summed E-state index contributed by atoms with van der Waals surface area (Å²) >= 11 is 0. The number of aryl methyl sites for hydroxylation is 1. The molecule has 0 amide bonds.